The Balaban J connectivity index is 1.26. The number of methoxy groups -OCH3 is 1. The molecule has 0 radical (unpaired) electrons. The Bertz CT molecular complexity index is 1480. The molecule has 6 aliphatic rings. The fraction of sp³-hybridized carbons (Fsp3) is 0.564. The maximum atomic E-state index is 14.7. The lowest BCUT2D eigenvalue weighted by atomic mass is 9.32. The van der Waals surface area contributed by atoms with E-state index < -0.39 is 11.0 Å². The summed E-state index contributed by atoms with van der Waals surface area (Å²) in [6.45, 7) is 6.29. The predicted octanol–water partition coefficient (Wildman–Crippen LogP) is 6.64. The fourth-order valence-corrected chi connectivity index (χ4v) is 11.0. The van der Waals surface area contributed by atoms with Gasteiger partial charge in [0, 0.05) is 40.5 Å². The first-order valence-corrected chi connectivity index (χ1v) is 16.8. The lowest BCUT2D eigenvalue weighted by Gasteiger charge is -2.71. The topological polar surface area (TPSA) is 70.0 Å². The van der Waals surface area contributed by atoms with Gasteiger partial charge in [-0.15, -0.1) is 0 Å². The van der Waals surface area contributed by atoms with Crippen LogP contribution >= 0.6 is 0 Å². The number of nitrogens with zero attached hydrogens (tertiary/aromatic N) is 1. The third kappa shape index (κ3) is 4.11. The van der Waals surface area contributed by atoms with Crippen molar-refractivity contribution < 1.29 is 19.7 Å². The average Bonchev–Trinajstić information content (AvgIpc) is 3.30. The number of hydrogen-bond acceptors (Lipinski definition) is 5. The molecule has 2 aromatic rings. The van der Waals surface area contributed by atoms with E-state index in [0.29, 0.717) is 24.4 Å². The number of ketones is 1. The third-order valence-electron chi connectivity index (χ3n) is 13.5. The first-order valence-electron chi connectivity index (χ1n) is 16.8. The number of carbonyl (C=O) groups excluding carboxylic acids is 1. The highest BCUT2D eigenvalue weighted by Gasteiger charge is 2.74. The van der Waals surface area contributed by atoms with Gasteiger partial charge in [-0.25, -0.2) is 0 Å². The number of ether oxygens (including phenoxy) is 1. The standard InChI is InChI=1S/C39H49NO4/c1-35-18-14-29(41)24-37(35)21-22-39(31(25-37)34(42)28-10-12-30(44-4)13-11-28)32(35)15-19-36(2)33(39)16-20-38(36,43)26-40(3)23-17-27-8-6-5-7-9-27/h5-13,21-22,25,29,32-33,41,43H,14-20,23-24,26H2,1-4H3/t29?,32-,33-,35-,36+,37+,38-,39-/m1/s1. The van der Waals surface area contributed by atoms with Crippen molar-refractivity contribution in [1.29, 1.82) is 0 Å². The van der Waals surface area contributed by atoms with Crippen LogP contribution in [0.3, 0.4) is 0 Å². The zero-order chi connectivity index (χ0) is 31.0. The van der Waals surface area contributed by atoms with Gasteiger partial charge in [0.2, 0.25) is 0 Å². The number of fused-ring (bicyclic) bond motifs is 1. The van der Waals surface area contributed by atoms with Gasteiger partial charge < -0.3 is 19.8 Å². The molecule has 5 nitrogen and oxygen atoms in total. The highest BCUT2D eigenvalue weighted by molar-refractivity contribution is 6.10. The SMILES string of the molecule is COc1ccc(C(=O)C2=C[C@@]34C=C[C@@]25[C@@H]2CC[C@@](O)(CN(C)CCc6ccccc6)[C@@]2(C)CC[C@@H]5[C@@]3(C)CCC(O)C4)cc1. The summed E-state index contributed by atoms with van der Waals surface area (Å²) in [6, 6.07) is 18.1. The molecule has 2 aromatic carbocycles. The molecule has 2 N–H and O–H groups in total. The van der Waals surface area contributed by atoms with Crippen LogP contribution in [0.5, 0.6) is 5.75 Å². The number of Topliss-reactive ketones (excluding diaryl/α,β-unsaturated/α-hetero) is 1. The van der Waals surface area contributed by atoms with Crippen molar-refractivity contribution in [3.63, 3.8) is 0 Å². The Labute approximate surface area is 263 Å². The molecule has 8 rings (SSSR count). The largest absolute Gasteiger partial charge is 0.497 e. The molecular weight excluding hydrogens is 546 g/mol. The first-order chi connectivity index (χ1) is 21.0. The van der Waals surface area contributed by atoms with Crippen molar-refractivity contribution >= 4 is 5.78 Å². The molecule has 0 aliphatic heterocycles. The Morgan fingerprint density at radius 2 is 1.61 bits per heavy atom. The third-order valence-corrected chi connectivity index (χ3v) is 13.5. The van der Waals surface area contributed by atoms with E-state index in [0.717, 1.165) is 62.8 Å². The summed E-state index contributed by atoms with van der Waals surface area (Å²) >= 11 is 0. The maximum Gasteiger partial charge on any atom is 0.189 e. The molecule has 3 saturated carbocycles. The smallest absolute Gasteiger partial charge is 0.189 e. The van der Waals surface area contributed by atoms with Crippen molar-refractivity contribution in [2.75, 3.05) is 27.2 Å². The predicted molar refractivity (Wildman–Crippen MR) is 174 cm³/mol. The van der Waals surface area contributed by atoms with Crippen LogP contribution < -0.4 is 4.74 Å². The molecule has 2 bridgehead atoms. The Morgan fingerprint density at radius 3 is 2.34 bits per heavy atom. The van der Waals surface area contributed by atoms with Crippen molar-refractivity contribution in [3.8, 4) is 5.75 Å². The Morgan fingerprint density at radius 1 is 0.932 bits per heavy atom. The second kappa shape index (κ2) is 10.4. The summed E-state index contributed by atoms with van der Waals surface area (Å²) in [5, 5.41) is 23.6. The van der Waals surface area contributed by atoms with E-state index in [2.05, 4.69) is 74.4 Å². The molecule has 6 aliphatic carbocycles. The van der Waals surface area contributed by atoms with Gasteiger partial charge in [0.1, 0.15) is 5.75 Å². The minimum atomic E-state index is -0.833. The summed E-state index contributed by atoms with van der Waals surface area (Å²) in [7, 11) is 3.79. The minimum absolute atomic E-state index is 0.0286. The molecule has 44 heavy (non-hydrogen) atoms. The van der Waals surface area contributed by atoms with E-state index in [4.69, 9.17) is 4.74 Å². The van der Waals surface area contributed by atoms with Gasteiger partial charge in [0.15, 0.2) is 5.78 Å². The summed E-state index contributed by atoms with van der Waals surface area (Å²) in [6.07, 6.45) is 13.7. The molecule has 2 spiro atoms. The summed E-state index contributed by atoms with van der Waals surface area (Å²) in [4.78, 5) is 17.0. The fourth-order valence-electron chi connectivity index (χ4n) is 11.0. The van der Waals surface area contributed by atoms with Crippen molar-refractivity contribution in [2.24, 2.45) is 33.5 Å². The van der Waals surface area contributed by atoms with Crippen LogP contribution in [-0.2, 0) is 6.42 Å². The lowest BCUT2D eigenvalue weighted by molar-refractivity contribution is -0.175. The number of benzene rings is 2. The average molecular weight is 596 g/mol. The molecule has 8 atom stereocenters. The van der Waals surface area contributed by atoms with Crippen LogP contribution in [0.4, 0.5) is 0 Å². The molecule has 234 valence electrons. The second-order valence-electron chi connectivity index (χ2n) is 15.3. The van der Waals surface area contributed by atoms with Gasteiger partial charge in [0.25, 0.3) is 0 Å². The molecule has 5 heteroatoms. The quantitative estimate of drug-likeness (QED) is 0.264. The zero-order valence-electron chi connectivity index (χ0n) is 26.9. The maximum absolute atomic E-state index is 14.7. The second-order valence-corrected chi connectivity index (χ2v) is 15.3. The first kappa shape index (κ1) is 30.0. The number of carbonyl (C=O) groups is 1. The lowest BCUT2D eigenvalue weighted by Crippen LogP contribution is -2.67. The van der Waals surface area contributed by atoms with Gasteiger partial charge in [-0.3, -0.25) is 4.79 Å². The zero-order valence-corrected chi connectivity index (χ0v) is 26.9. The molecule has 0 heterocycles. The molecule has 0 aromatic heterocycles. The number of likely N-dealkylation sites (N-methyl/N-ethyl adjacent to an activating group) is 1. The molecular formula is C39H49NO4. The number of rotatable bonds is 8. The van der Waals surface area contributed by atoms with Gasteiger partial charge in [-0.1, -0.05) is 62.4 Å². The van der Waals surface area contributed by atoms with E-state index in [9.17, 15) is 15.0 Å². The number of aliphatic hydroxyl groups is 2. The molecule has 0 amide bonds. The molecule has 0 saturated heterocycles. The van der Waals surface area contributed by atoms with E-state index in [1.165, 1.54) is 5.56 Å². The van der Waals surface area contributed by atoms with Crippen LogP contribution in [0.15, 0.2) is 78.4 Å². The van der Waals surface area contributed by atoms with Crippen molar-refractivity contribution in [3.05, 3.63) is 89.5 Å². The van der Waals surface area contributed by atoms with Crippen LogP contribution in [0, 0.1) is 33.5 Å². The van der Waals surface area contributed by atoms with E-state index >= 15 is 0 Å². The van der Waals surface area contributed by atoms with Gasteiger partial charge >= 0.3 is 0 Å². The molecule has 3 fully saturated rings. The Hall–Kier alpha value is -2.73. The van der Waals surface area contributed by atoms with Crippen LogP contribution in [-0.4, -0.2) is 59.8 Å². The Kier molecular flexibility index (Phi) is 7.08. The van der Waals surface area contributed by atoms with Gasteiger partial charge in [-0.2, -0.15) is 0 Å². The summed E-state index contributed by atoms with van der Waals surface area (Å²) < 4.78 is 5.39. The number of aliphatic hydroxyl groups excluding tert-OH is 1. The van der Waals surface area contributed by atoms with Crippen LogP contribution in [0.25, 0.3) is 0 Å². The minimum Gasteiger partial charge on any atom is -0.497 e. The van der Waals surface area contributed by atoms with Crippen LogP contribution in [0.2, 0.25) is 0 Å². The van der Waals surface area contributed by atoms with E-state index in [-0.39, 0.29) is 34.1 Å². The van der Waals surface area contributed by atoms with Crippen molar-refractivity contribution in [1.82, 2.24) is 4.90 Å². The van der Waals surface area contributed by atoms with Gasteiger partial charge in [0.05, 0.1) is 18.8 Å². The normalized spacial score (nSPS) is 40.2. The number of hydrogen-bond donors (Lipinski definition) is 2. The van der Waals surface area contributed by atoms with Gasteiger partial charge in [-0.05, 0) is 105 Å². The van der Waals surface area contributed by atoms with Crippen LogP contribution in [0.1, 0.15) is 74.7 Å². The highest BCUT2D eigenvalue weighted by Crippen LogP contribution is 2.78. The number of allylic oxidation sites excluding steroid dienone is 4. The van der Waals surface area contributed by atoms with Crippen molar-refractivity contribution in [2.45, 2.75) is 76.9 Å². The monoisotopic (exact) mass is 595 g/mol. The summed E-state index contributed by atoms with van der Waals surface area (Å²) in [5.41, 5.74) is 0.957. The van der Waals surface area contributed by atoms with E-state index in [1.807, 2.05) is 24.3 Å². The van der Waals surface area contributed by atoms with E-state index in [1.54, 1.807) is 7.11 Å². The summed E-state index contributed by atoms with van der Waals surface area (Å²) in [5.74, 6) is 1.28. The molecule has 1 unspecified atom stereocenters. The highest BCUT2D eigenvalue weighted by atomic mass is 16.5.